The number of carbonyl (C=O) groups is 1. The molecule has 0 saturated heterocycles. The number of hydrogen-bond acceptors (Lipinski definition) is 4. The van der Waals surface area contributed by atoms with Gasteiger partial charge in [-0.15, -0.1) is 0 Å². The lowest BCUT2D eigenvalue weighted by Crippen LogP contribution is -2.49. The van der Waals surface area contributed by atoms with E-state index in [2.05, 4.69) is 4.98 Å². The van der Waals surface area contributed by atoms with Gasteiger partial charge in [0.05, 0.1) is 5.69 Å². The smallest absolute Gasteiger partial charge is 0.246 e. The van der Waals surface area contributed by atoms with Crippen LogP contribution in [0.4, 0.5) is 20.7 Å². The van der Waals surface area contributed by atoms with Crippen LogP contribution in [0.25, 0.3) is 0 Å². The van der Waals surface area contributed by atoms with E-state index in [-0.39, 0.29) is 22.9 Å². The third kappa shape index (κ3) is 3.11. The number of benzene rings is 2. The zero-order chi connectivity index (χ0) is 19.7. The number of carbonyl (C=O) groups excluding carboxylic acids is 1. The number of aromatic nitrogens is 1. The van der Waals surface area contributed by atoms with Gasteiger partial charge in [0, 0.05) is 12.7 Å². The van der Waals surface area contributed by atoms with E-state index >= 15 is 0 Å². The monoisotopic (exact) mass is 397 g/mol. The fraction of sp³-hybridized carbons (Fsp3) is 0.100. The topological polar surface area (TPSA) is 70.6 Å². The Balaban J connectivity index is 1.79. The third-order valence-electron chi connectivity index (χ3n) is 4.45. The van der Waals surface area contributed by atoms with Gasteiger partial charge in [-0.1, -0.05) is 36.4 Å². The molecular formula is C20H16FN3O3S. The van der Waals surface area contributed by atoms with Gasteiger partial charge in [0.2, 0.25) is 0 Å². The summed E-state index contributed by atoms with van der Waals surface area (Å²) in [5, 5.41) is 0. The molecule has 6 nitrogen and oxygen atoms in total. The van der Waals surface area contributed by atoms with Crippen molar-refractivity contribution < 1.29 is 17.6 Å². The number of anilines is 2. The Morgan fingerprint density at radius 3 is 2.50 bits per heavy atom. The summed E-state index contributed by atoms with van der Waals surface area (Å²) in [4.78, 5) is 18.3. The van der Waals surface area contributed by atoms with Gasteiger partial charge in [-0.25, -0.2) is 31.8 Å². The van der Waals surface area contributed by atoms with Gasteiger partial charge in [-0.2, -0.15) is 0 Å². The van der Waals surface area contributed by atoms with Crippen molar-refractivity contribution in [2.24, 2.45) is 0 Å². The van der Waals surface area contributed by atoms with Crippen LogP contribution in [0.2, 0.25) is 0 Å². The van der Waals surface area contributed by atoms with E-state index in [4.69, 9.17) is 0 Å². The Morgan fingerprint density at radius 1 is 0.964 bits per heavy atom. The maximum atomic E-state index is 13.8. The zero-order valence-corrected chi connectivity index (χ0v) is 15.5. The van der Waals surface area contributed by atoms with Crippen molar-refractivity contribution in [3.63, 3.8) is 0 Å². The van der Waals surface area contributed by atoms with Crippen LogP contribution in [-0.4, -0.2) is 30.3 Å². The Hall–Kier alpha value is -3.26. The van der Waals surface area contributed by atoms with E-state index in [1.165, 1.54) is 42.6 Å². The highest BCUT2D eigenvalue weighted by Gasteiger charge is 2.42. The highest BCUT2D eigenvalue weighted by Crippen LogP contribution is 2.37. The molecule has 2 heterocycles. The van der Waals surface area contributed by atoms with Gasteiger partial charge in [0.1, 0.15) is 10.7 Å². The van der Waals surface area contributed by atoms with Gasteiger partial charge in [0.15, 0.2) is 5.82 Å². The summed E-state index contributed by atoms with van der Waals surface area (Å²) in [5.74, 6) is -0.568. The Labute approximate surface area is 161 Å². The Morgan fingerprint density at radius 2 is 1.75 bits per heavy atom. The van der Waals surface area contributed by atoms with Crippen LogP contribution in [0.1, 0.15) is 5.56 Å². The van der Waals surface area contributed by atoms with Crippen LogP contribution in [-0.2, 0) is 16.4 Å². The summed E-state index contributed by atoms with van der Waals surface area (Å²) in [6, 6.07) is 16.8. The summed E-state index contributed by atoms with van der Waals surface area (Å²) in [7, 11) is -4.07. The van der Waals surface area contributed by atoms with Crippen LogP contribution in [0.5, 0.6) is 0 Å². The van der Waals surface area contributed by atoms with Crippen molar-refractivity contribution in [1.29, 1.82) is 0 Å². The van der Waals surface area contributed by atoms with Crippen molar-refractivity contribution in [3.05, 3.63) is 84.3 Å². The van der Waals surface area contributed by atoms with Crippen molar-refractivity contribution in [2.75, 3.05) is 11.4 Å². The number of halogens is 1. The molecule has 0 bridgehead atoms. The number of rotatable bonds is 4. The molecule has 0 radical (unpaired) electrons. The third-order valence-corrected chi connectivity index (χ3v) is 6.24. The van der Waals surface area contributed by atoms with Crippen LogP contribution >= 0.6 is 0 Å². The van der Waals surface area contributed by atoms with Gasteiger partial charge in [-0.05, 0) is 42.3 Å². The first-order chi connectivity index (χ1) is 13.5. The molecule has 1 aliphatic heterocycles. The summed E-state index contributed by atoms with van der Waals surface area (Å²) in [5.41, 5.74) is 1.12. The molecule has 2 amide bonds. The average Bonchev–Trinajstić information content (AvgIpc) is 2.69. The predicted molar refractivity (Wildman–Crippen MR) is 102 cm³/mol. The van der Waals surface area contributed by atoms with Crippen molar-refractivity contribution in [2.45, 2.75) is 11.3 Å². The minimum Gasteiger partial charge on any atom is -0.246 e. The van der Waals surface area contributed by atoms with Crippen molar-refractivity contribution >= 4 is 27.6 Å². The standard InChI is InChI=1S/C20H16FN3O3S/c21-16-8-4-9-17(14-16)24-19-18(10-5-12-22-19)28(26,27)23(20(24)25)13-11-15-6-2-1-3-7-15/h1-10,12,14H,11,13H2. The number of pyridine rings is 1. The largest absolute Gasteiger partial charge is 0.344 e. The molecule has 0 unspecified atom stereocenters. The van der Waals surface area contributed by atoms with Crippen LogP contribution in [0.3, 0.4) is 0 Å². The molecule has 142 valence electrons. The molecule has 4 rings (SSSR count). The Bertz CT molecular complexity index is 1140. The molecule has 0 N–H and O–H groups in total. The molecule has 8 heteroatoms. The molecule has 0 atom stereocenters. The number of amides is 2. The fourth-order valence-electron chi connectivity index (χ4n) is 3.11. The van der Waals surface area contributed by atoms with E-state index in [1.807, 2.05) is 30.3 Å². The highest BCUT2D eigenvalue weighted by molar-refractivity contribution is 7.90. The molecule has 28 heavy (non-hydrogen) atoms. The second kappa shape index (κ2) is 7.05. The van der Waals surface area contributed by atoms with Gasteiger partial charge in [-0.3, -0.25) is 0 Å². The maximum Gasteiger partial charge on any atom is 0.344 e. The van der Waals surface area contributed by atoms with E-state index in [1.54, 1.807) is 0 Å². The first kappa shape index (κ1) is 18.1. The maximum absolute atomic E-state index is 13.8. The highest BCUT2D eigenvalue weighted by atomic mass is 32.2. The summed E-state index contributed by atoms with van der Waals surface area (Å²) in [6.07, 6.45) is 1.76. The molecule has 0 spiro atoms. The van der Waals surface area contributed by atoms with Crippen molar-refractivity contribution in [1.82, 2.24) is 9.29 Å². The van der Waals surface area contributed by atoms with Crippen LogP contribution < -0.4 is 4.90 Å². The first-order valence-electron chi connectivity index (χ1n) is 8.60. The molecular weight excluding hydrogens is 381 g/mol. The molecule has 1 aliphatic rings. The normalized spacial score (nSPS) is 15.4. The average molecular weight is 397 g/mol. The van der Waals surface area contributed by atoms with Crippen molar-refractivity contribution in [3.8, 4) is 0 Å². The second-order valence-corrected chi connectivity index (χ2v) is 8.07. The summed E-state index contributed by atoms with van der Waals surface area (Å²) < 4.78 is 40.7. The van der Waals surface area contributed by atoms with Crippen LogP contribution in [0, 0.1) is 5.82 Å². The summed E-state index contributed by atoms with van der Waals surface area (Å²) in [6.45, 7) is -0.0364. The first-order valence-corrected chi connectivity index (χ1v) is 10.0. The fourth-order valence-corrected chi connectivity index (χ4v) is 4.60. The van der Waals surface area contributed by atoms with Gasteiger partial charge in [0.25, 0.3) is 10.0 Å². The second-order valence-electron chi connectivity index (χ2n) is 6.24. The Kier molecular flexibility index (Phi) is 4.56. The lowest BCUT2D eigenvalue weighted by atomic mass is 10.1. The van der Waals surface area contributed by atoms with Gasteiger partial charge < -0.3 is 0 Å². The lowest BCUT2D eigenvalue weighted by Gasteiger charge is -2.35. The quantitative estimate of drug-likeness (QED) is 0.673. The summed E-state index contributed by atoms with van der Waals surface area (Å²) >= 11 is 0. The van der Waals surface area contributed by atoms with E-state index < -0.39 is 21.9 Å². The SMILES string of the molecule is O=C1N(c2cccc(F)c2)c2ncccc2S(=O)(=O)N1CCc1ccccc1. The lowest BCUT2D eigenvalue weighted by molar-refractivity contribution is 0.230. The molecule has 1 aromatic heterocycles. The molecule has 2 aromatic carbocycles. The molecule has 0 saturated carbocycles. The number of nitrogens with zero attached hydrogens (tertiary/aromatic N) is 3. The van der Waals surface area contributed by atoms with Gasteiger partial charge >= 0.3 is 6.03 Å². The number of hydrogen-bond donors (Lipinski definition) is 0. The minimum absolute atomic E-state index is 0.0333. The van der Waals surface area contributed by atoms with E-state index in [0.29, 0.717) is 6.42 Å². The van der Waals surface area contributed by atoms with E-state index in [0.717, 1.165) is 14.8 Å². The number of fused-ring (bicyclic) bond motifs is 1. The molecule has 0 fully saturated rings. The molecule has 3 aromatic rings. The number of sulfonamides is 1. The zero-order valence-electron chi connectivity index (χ0n) is 14.7. The van der Waals surface area contributed by atoms with Crippen LogP contribution in [0.15, 0.2) is 77.8 Å². The predicted octanol–water partition coefficient (Wildman–Crippen LogP) is 3.73. The minimum atomic E-state index is -4.07. The molecule has 0 aliphatic carbocycles. The van der Waals surface area contributed by atoms with E-state index in [9.17, 15) is 17.6 Å². The number of urea groups is 1.